The molecule has 1 saturated heterocycles. The molecule has 0 aliphatic carbocycles. The fourth-order valence-corrected chi connectivity index (χ4v) is 1.60. The zero-order valence-electron chi connectivity index (χ0n) is 10.8. The summed E-state index contributed by atoms with van der Waals surface area (Å²) in [5.74, 6) is -0.774. The van der Waals surface area contributed by atoms with E-state index in [4.69, 9.17) is 15.2 Å². The Morgan fingerprint density at radius 2 is 1.79 bits per heavy atom. The van der Waals surface area contributed by atoms with E-state index in [9.17, 15) is 25.2 Å². The number of esters is 1. The van der Waals surface area contributed by atoms with Crippen LogP contribution < -0.4 is 5.73 Å². The molecule has 0 aromatic carbocycles. The normalized spacial score (nSPS) is 37.2. The first-order valence-corrected chi connectivity index (χ1v) is 6.05. The molecule has 1 heterocycles. The van der Waals surface area contributed by atoms with Crippen molar-refractivity contribution in [3.8, 4) is 0 Å². The number of hydrogen-bond donors (Lipinski definition) is 5. The Hall–Kier alpha value is -0.770. The molecule has 6 N–H and O–H groups in total. The lowest BCUT2D eigenvalue weighted by Gasteiger charge is -2.38. The highest BCUT2D eigenvalue weighted by atomic mass is 16.6. The van der Waals surface area contributed by atoms with Crippen LogP contribution in [0.4, 0.5) is 0 Å². The van der Waals surface area contributed by atoms with Gasteiger partial charge in [-0.05, 0) is 5.92 Å². The zero-order valence-corrected chi connectivity index (χ0v) is 10.8. The Labute approximate surface area is 110 Å². The fourth-order valence-electron chi connectivity index (χ4n) is 1.60. The summed E-state index contributed by atoms with van der Waals surface area (Å²) in [6, 6.07) is -0.804. The van der Waals surface area contributed by atoms with Gasteiger partial charge in [0.2, 0.25) is 0 Å². The summed E-state index contributed by atoms with van der Waals surface area (Å²) in [5.41, 5.74) is 5.57. The highest BCUT2D eigenvalue weighted by Gasteiger charge is 2.43. The molecule has 0 spiro atoms. The summed E-state index contributed by atoms with van der Waals surface area (Å²) in [5, 5.41) is 37.6. The summed E-state index contributed by atoms with van der Waals surface area (Å²) >= 11 is 0. The van der Waals surface area contributed by atoms with Gasteiger partial charge in [0.15, 0.2) is 6.29 Å². The van der Waals surface area contributed by atoms with Gasteiger partial charge in [0.05, 0.1) is 0 Å². The predicted molar refractivity (Wildman–Crippen MR) is 62.7 cm³/mol. The Morgan fingerprint density at radius 3 is 2.32 bits per heavy atom. The molecule has 1 aliphatic heterocycles. The van der Waals surface area contributed by atoms with Crippen LogP contribution in [0.25, 0.3) is 0 Å². The van der Waals surface area contributed by atoms with Crippen LogP contribution in [0.15, 0.2) is 0 Å². The lowest BCUT2D eigenvalue weighted by atomic mass is 9.99. The Balaban J connectivity index is 2.51. The predicted octanol–water partition coefficient (Wildman–Crippen LogP) is -2.69. The van der Waals surface area contributed by atoms with Crippen molar-refractivity contribution in [3.63, 3.8) is 0 Å². The van der Waals surface area contributed by atoms with E-state index in [0.717, 1.165) is 0 Å². The van der Waals surface area contributed by atoms with E-state index < -0.39 is 42.7 Å². The molecule has 0 bridgehead atoms. The Kier molecular flexibility index (Phi) is 5.65. The minimum Gasteiger partial charge on any atom is -0.462 e. The summed E-state index contributed by atoms with van der Waals surface area (Å²) in [6.45, 7) is 3.13. The van der Waals surface area contributed by atoms with Crippen molar-refractivity contribution in [2.45, 2.75) is 50.6 Å². The van der Waals surface area contributed by atoms with Gasteiger partial charge in [0.25, 0.3) is 0 Å². The van der Waals surface area contributed by atoms with Gasteiger partial charge in [-0.3, -0.25) is 4.79 Å². The van der Waals surface area contributed by atoms with Gasteiger partial charge in [0.1, 0.15) is 37.1 Å². The minimum atomic E-state index is -1.65. The zero-order chi connectivity index (χ0) is 14.7. The summed E-state index contributed by atoms with van der Waals surface area (Å²) in [6.07, 6.45) is -7.44. The molecule has 0 radical (unpaired) electrons. The van der Waals surface area contributed by atoms with E-state index in [0.29, 0.717) is 0 Å². The van der Waals surface area contributed by atoms with E-state index >= 15 is 0 Å². The van der Waals surface area contributed by atoms with E-state index in [-0.39, 0.29) is 12.5 Å². The molecule has 0 aromatic rings. The first-order valence-electron chi connectivity index (χ1n) is 6.05. The van der Waals surface area contributed by atoms with Gasteiger partial charge in [-0.1, -0.05) is 13.8 Å². The van der Waals surface area contributed by atoms with E-state index in [1.54, 1.807) is 13.8 Å². The largest absolute Gasteiger partial charge is 0.462 e. The van der Waals surface area contributed by atoms with Crippen molar-refractivity contribution in [1.29, 1.82) is 0 Å². The third-order valence-corrected chi connectivity index (χ3v) is 3.07. The molecular formula is C11H21NO7. The van der Waals surface area contributed by atoms with Crippen LogP contribution in [0, 0.1) is 5.92 Å². The van der Waals surface area contributed by atoms with Crippen LogP contribution in [0.2, 0.25) is 0 Å². The molecule has 19 heavy (non-hydrogen) atoms. The van der Waals surface area contributed by atoms with Gasteiger partial charge in [-0.15, -0.1) is 0 Å². The molecule has 8 heteroatoms. The smallest absolute Gasteiger partial charge is 0.323 e. The number of aliphatic hydroxyl groups excluding tert-OH is 4. The number of ether oxygens (including phenoxy) is 2. The maximum atomic E-state index is 11.5. The van der Waals surface area contributed by atoms with Gasteiger partial charge in [-0.2, -0.15) is 0 Å². The van der Waals surface area contributed by atoms with Gasteiger partial charge in [-0.25, -0.2) is 0 Å². The van der Waals surface area contributed by atoms with Crippen LogP contribution in [-0.4, -0.2) is 69.8 Å². The van der Waals surface area contributed by atoms with Crippen LogP contribution in [0.5, 0.6) is 0 Å². The average Bonchev–Trinajstić information content (AvgIpc) is 2.37. The number of nitrogens with two attached hydrogens (primary N) is 1. The average molecular weight is 279 g/mol. The van der Waals surface area contributed by atoms with Crippen molar-refractivity contribution >= 4 is 5.97 Å². The van der Waals surface area contributed by atoms with Crippen molar-refractivity contribution in [1.82, 2.24) is 0 Å². The molecule has 1 aliphatic rings. The molecule has 112 valence electrons. The van der Waals surface area contributed by atoms with Crippen molar-refractivity contribution in [3.05, 3.63) is 0 Å². The second-order valence-corrected chi connectivity index (χ2v) is 4.94. The Morgan fingerprint density at radius 1 is 1.21 bits per heavy atom. The molecule has 1 unspecified atom stereocenters. The molecule has 6 atom stereocenters. The van der Waals surface area contributed by atoms with E-state index in [2.05, 4.69) is 0 Å². The molecule has 0 saturated carbocycles. The molecule has 0 aromatic heterocycles. The lowest BCUT2D eigenvalue weighted by Crippen LogP contribution is -2.58. The molecule has 1 fully saturated rings. The fraction of sp³-hybridized carbons (Fsp3) is 0.909. The lowest BCUT2D eigenvalue weighted by molar-refractivity contribution is -0.287. The van der Waals surface area contributed by atoms with Crippen LogP contribution in [0.1, 0.15) is 13.8 Å². The van der Waals surface area contributed by atoms with Gasteiger partial charge >= 0.3 is 5.97 Å². The third kappa shape index (κ3) is 3.85. The van der Waals surface area contributed by atoms with E-state index in [1.165, 1.54) is 0 Å². The molecule has 8 nitrogen and oxygen atoms in total. The molecule has 1 rings (SSSR count). The molecule has 0 amide bonds. The minimum absolute atomic E-state index is 0.109. The first-order chi connectivity index (χ1) is 8.75. The summed E-state index contributed by atoms with van der Waals surface area (Å²) in [4.78, 5) is 11.5. The maximum Gasteiger partial charge on any atom is 0.323 e. The highest BCUT2D eigenvalue weighted by molar-refractivity contribution is 5.75. The second kappa shape index (κ2) is 6.60. The number of carbonyl (C=O) groups excluding carboxylic acids is 1. The topological polar surface area (TPSA) is 142 Å². The number of hydrogen-bond acceptors (Lipinski definition) is 8. The van der Waals surface area contributed by atoms with Crippen LogP contribution in [-0.2, 0) is 14.3 Å². The van der Waals surface area contributed by atoms with Gasteiger partial charge < -0.3 is 35.6 Å². The first kappa shape index (κ1) is 16.3. The standard InChI is InChI=1S/C11H21NO7/c1-4(2)6(12)10(16)18-3-5-7(13)8(14)9(15)11(17)19-5/h4-9,11,13-15,17H,3,12H2,1-2H3/t5-,6+,7-,8+,9-,11?/m1/s1. The van der Waals surface area contributed by atoms with E-state index in [1.807, 2.05) is 0 Å². The van der Waals surface area contributed by atoms with Crippen LogP contribution >= 0.6 is 0 Å². The quantitative estimate of drug-likeness (QED) is 0.350. The highest BCUT2D eigenvalue weighted by Crippen LogP contribution is 2.20. The SMILES string of the molecule is CC(C)[C@H](N)C(=O)OC[C@H]1OC(O)[C@H](O)[C@@H](O)[C@@H]1O. The number of aliphatic hydroxyl groups is 4. The summed E-state index contributed by atoms with van der Waals surface area (Å²) < 4.78 is 9.70. The number of carbonyl (C=O) groups is 1. The van der Waals surface area contributed by atoms with Crippen molar-refractivity contribution in [2.75, 3.05) is 6.61 Å². The van der Waals surface area contributed by atoms with Crippen molar-refractivity contribution < 1.29 is 34.7 Å². The number of rotatable bonds is 4. The second-order valence-electron chi connectivity index (χ2n) is 4.94. The monoisotopic (exact) mass is 279 g/mol. The Bertz CT molecular complexity index is 311. The maximum absolute atomic E-state index is 11.5. The molecular weight excluding hydrogens is 258 g/mol. The van der Waals surface area contributed by atoms with Crippen molar-refractivity contribution in [2.24, 2.45) is 11.7 Å². The van der Waals surface area contributed by atoms with Crippen LogP contribution in [0.3, 0.4) is 0 Å². The third-order valence-electron chi connectivity index (χ3n) is 3.07. The summed E-state index contributed by atoms with van der Waals surface area (Å²) in [7, 11) is 0. The van der Waals surface area contributed by atoms with Gasteiger partial charge in [0, 0.05) is 0 Å².